The van der Waals surface area contributed by atoms with Crippen molar-refractivity contribution in [3.8, 4) is 0 Å². The van der Waals surface area contributed by atoms with Gasteiger partial charge in [0.05, 0.1) is 14.6 Å². The second kappa shape index (κ2) is 6.38. The minimum Gasteiger partial charge on any atom is -0.480 e. The number of para-hydroxylation sites is 1. The molecule has 0 radical (unpaired) electrons. The Morgan fingerprint density at radius 3 is 2.78 bits per heavy atom. The molecule has 2 aromatic carbocycles. The Labute approximate surface area is 160 Å². The third kappa shape index (κ3) is 3.02. The van der Waals surface area contributed by atoms with Crippen LogP contribution in [0.15, 0.2) is 30.3 Å². The SMILES string of the molecule is O=C(O)CN1CC(Cl)(Cc2nc3c(F)c(F)cc(F)c3s2)c2ccccc21. The van der Waals surface area contributed by atoms with Crippen molar-refractivity contribution in [3.63, 3.8) is 0 Å². The molecular formula is C18H12ClF3N2O2S. The van der Waals surface area contributed by atoms with Gasteiger partial charge < -0.3 is 10.0 Å². The Kier molecular flexibility index (Phi) is 4.27. The zero-order chi connectivity index (χ0) is 19.3. The lowest BCUT2D eigenvalue weighted by molar-refractivity contribution is -0.135. The second-order valence-corrected chi connectivity index (χ2v) is 8.16. The number of aliphatic carboxylic acids is 1. The van der Waals surface area contributed by atoms with Crippen molar-refractivity contribution in [2.75, 3.05) is 18.0 Å². The smallest absolute Gasteiger partial charge is 0.323 e. The summed E-state index contributed by atoms with van der Waals surface area (Å²) in [7, 11) is 0. The van der Waals surface area contributed by atoms with Crippen molar-refractivity contribution >= 4 is 44.8 Å². The van der Waals surface area contributed by atoms with Crippen molar-refractivity contribution in [2.24, 2.45) is 0 Å². The zero-order valence-corrected chi connectivity index (χ0v) is 15.3. The molecule has 140 valence electrons. The molecule has 1 aromatic heterocycles. The van der Waals surface area contributed by atoms with E-state index in [2.05, 4.69) is 4.98 Å². The first-order chi connectivity index (χ1) is 12.8. The average molecular weight is 413 g/mol. The summed E-state index contributed by atoms with van der Waals surface area (Å²) in [5.41, 5.74) is 1.06. The van der Waals surface area contributed by atoms with E-state index in [4.69, 9.17) is 16.7 Å². The van der Waals surface area contributed by atoms with Crippen molar-refractivity contribution in [2.45, 2.75) is 11.3 Å². The molecule has 9 heteroatoms. The topological polar surface area (TPSA) is 53.4 Å². The van der Waals surface area contributed by atoms with Crippen LogP contribution in [0, 0.1) is 17.5 Å². The number of aromatic nitrogens is 1. The van der Waals surface area contributed by atoms with Crippen molar-refractivity contribution < 1.29 is 23.1 Å². The number of thiazole rings is 1. The number of hydrogen-bond donors (Lipinski definition) is 1. The summed E-state index contributed by atoms with van der Waals surface area (Å²) in [6.45, 7) is -0.0186. The van der Waals surface area contributed by atoms with Crippen LogP contribution in [0.1, 0.15) is 10.6 Å². The van der Waals surface area contributed by atoms with Crippen LogP contribution in [0.25, 0.3) is 10.2 Å². The Morgan fingerprint density at radius 1 is 1.30 bits per heavy atom. The number of halogens is 4. The Hall–Kier alpha value is -2.32. The lowest BCUT2D eigenvalue weighted by Crippen LogP contribution is -2.34. The molecule has 4 rings (SSSR count). The van der Waals surface area contributed by atoms with Gasteiger partial charge >= 0.3 is 5.97 Å². The number of benzene rings is 2. The number of hydrogen-bond acceptors (Lipinski definition) is 4. The largest absolute Gasteiger partial charge is 0.480 e. The summed E-state index contributed by atoms with van der Waals surface area (Å²) >= 11 is 7.73. The van der Waals surface area contributed by atoms with Gasteiger partial charge in [0.15, 0.2) is 11.6 Å². The highest BCUT2D eigenvalue weighted by atomic mass is 35.5. The summed E-state index contributed by atoms with van der Waals surface area (Å²) < 4.78 is 41.3. The van der Waals surface area contributed by atoms with Crippen LogP contribution in [0.2, 0.25) is 0 Å². The zero-order valence-electron chi connectivity index (χ0n) is 13.7. The lowest BCUT2D eigenvalue weighted by atomic mass is 9.97. The van der Waals surface area contributed by atoms with E-state index in [0.717, 1.165) is 16.9 Å². The Bertz CT molecular complexity index is 1070. The van der Waals surface area contributed by atoms with Crippen LogP contribution in [0.5, 0.6) is 0 Å². The number of carboxylic acid groups (broad SMARTS) is 1. The number of fused-ring (bicyclic) bond motifs is 2. The van der Waals surface area contributed by atoms with Crippen LogP contribution in [0.3, 0.4) is 0 Å². The number of carboxylic acids is 1. The van der Waals surface area contributed by atoms with E-state index in [9.17, 15) is 18.0 Å². The molecule has 1 unspecified atom stereocenters. The highest BCUT2D eigenvalue weighted by Crippen LogP contribution is 2.46. The molecule has 1 aliphatic heterocycles. The average Bonchev–Trinajstić information content (AvgIpc) is 3.13. The summed E-state index contributed by atoms with van der Waals surface area (Å²) in [6, 6.07) is 7.62. The van der Waals surface area contributed by atoms with Crippen molar-refractivity contribution in [1.82, 2.24) is 4.98 Å². The predicted octanol–water partition coefficient (Wildman–Crippen LogP) is 4.30. The highest BCUT2D eigenvalue weighted by molar-refractivity contribution is 7.18. The molecule has 0 saturated heterocycles. The molecule has 0 amide bonds. The minimum atomic E-state index is -1.30. The maximum absolute atomic E-state index is 14.0. The fourth-order valence-electron chi connectivity index (χ4n) is 3.40. The van der Waals surface area contributed by atoms with Gasteiger partial charge in [-0.1, -0.05) is 18.2 Å². The van der Waals surface area contributed by atoms with Crippen LogP contribution >= 0.6 is 22.9 Å². The first kappa shape index (κ1) is 18.1. The van der Waals surface area contributed by atoms with E-state index >= 15 is 0 Å². The normalized spacial score (nSPS) is 18.9. The Balaban J connectivity index is 1.74. The van der Waals surface area contributed by atoms with Crippen molar-refractivity contribution in [1.29, 1.82) is 0 Å². The third-order valence-corrected chi connectivity index (χ3v) is 6.01. The van der Waals surface area contributed by atoms with E-state index in [1.54, 1.807) is 29.2 Å². The van der Waals surface area contributed by atoms with Crippen LogP contribution in [0.4, 0.5) is 18.9 Å². The van der Waals surface area contributed by atoms with Gasteiger partial charge in [-0.15, -0.1) is 22.9 Å². The molecule has 3 aromatic rings. The number of carbonyl (C=O) groups is 1. The maximum Gasteiger partial charge on any atom is 0.323 e. The number of anilines is 1. The molecule has 4 nitrogen and oxygen atoms in total. The van der Waals surface area contributed by atoms with E-state index in [1.165, 1.54) is 0 Å². The number of nitrogens with zero attached hydrogens (tertiary/aromatic N) is 2. The van der Waals surface area contributed by atoms with Gasteiger partial charge in [-0.3, -0.25) is 4.79 Å². The molecule has 27 heavy (non-hydrogen) atoms. The minimum absolute atomic E-state index is 0.0714. The molecule has 0 fully saturated rings. The van der Waals surface area contributed by atoms with Crippen LogP contribution in [-0.2, 0) is 16.1 Å². The second-order valence-electron chi connectivity index (χ2n) is 6.35. The van der Waals surface area contributed by atoms with Gasteiger partial charge in [0.2, 0.25) is 0 Å². The number of alkyl halides is 1. The summed E-state index contributed by atoms with van der Waals surface area (Å²) in [4.78, 5) is 15.8. The van der Waals surface area contributed by atoms with Crippen LogP contribution in [-0.4, -0.2) is 29.1 Å². The molecule has 2 heterocycles. The van der Waals surface area contributed by atoms with Gasteiger partial charge in [-0.2, -0.15) is 0 Å². The third-order valence-electron chi connectivity index (χ3n) is 4.49. The molecule has 1 atom stereocenters. The molecule has 0 spiro atoms. The lowest BCUT2D eigenvalue weighted by Gasteiger charge is -2.22. The first-order valence-corrected chi connectivity index (χ1v) is 9.16. The standard InChI is InChI=1S/C18H12ClF3N2O2S/c19-18(8-24(7-14(25)26)12-4-2-1-3-9(12)18)6-13-23-16-15(22)10(20)5-11(21)17(16)27-13/h1-5H,6-8H2,(H,25,26). The fraction of sp³-hybridized carbons (Fsp3) is 0.222. The van der Waals surface area contributed by atoms with Gasteiger partial charge in [0.1, 0.15) is 17.9 Å². The van der Waals surface area contributed by atoms with Gasteiger partial charge in [0.25, 0.3) is 0 Å². The van der Waals surface area contributed by atoms with Gasteiger partial charge in [-0.25, -0.2) is 18.2 Å². The molecular weight excluding hydrogens is 401 g/mol. The monoisotopic (exact) mass is 412 g/mol. The highest BCUT2D eigenvalue weighted by Gasteiger charge is 2.42. The molecule has 0 saturated carbocycles. The molecule has 0 bridgehead atoms. The summed E-state index contributed by atoms with van der Waals surface area (Å²) in [6.07, 6.45) is 0.127. The summed E-state index contributed by atoms with van der Waals surface area (Å²) in [5, 5.41) is 9.47. The quantitative estimate of drug-likeness (QED) is 0.513. The van der Waals surface area contributed by atoms with E-state index in [0.29, 0.717) is 16.8 Å². The summed E-state index contributed by atoms with van der Waals surface area (Å²) in [5.74, 6) is -4.37. The fourth-order valence-corrected chi connectivity index (χ4v) is 4.99. The van der Waals surface area contributed by atoms with E-state index in [1.807, 2.05) is 0 Å². The predicted molar refractivity (Wildman–Crippen MR) is 97.0 cm³/mol. The molecule has 0 aliphatic carbocycles. The number of rotatable bonds is 4. The molecule has 1 aliphatic rings. The molecule has 1 N–H and O–H groups in total. The van der Waals surface area contributed by atoms with Gasteiger partial charge in [-0.05, 0) is 11.6 Å². The van der Waals surface area contributed by atoms with Crippen molar-refractivity contribution in [3.05, 3.63) is 58.4 Å². The first-order valence-electron chi connectivity index (χ1n) is 7.96. The van der Waals surface area contributed by atoms with Gasteiger partial charge in [0, 0.05) is 24.7 Å². The van der Waals surface area contributed by atoms with E-state index < -0.39 is 28.3 Å². The van der Waals surface area contributed by atoms with Crippen LogP contribution < -0.4 is 4.90 Å². The Morgan fingerprint density at radius 2 is 2.04 bits per heavy atom. The maximum atomic E-state index is 14.0. The van der Waals surface area contributed by atoms with E-state index in [-0.39, 0.29) is 29.7 Å².